The molecule has 0 aliphatic rings. The Kier molecular flexibility index (Phi) is 4.73. The molecule has 0 saturated carbocycles. The number of aromatic nitrogens is 1. The largest absolute Gasteiger partial charge is 0.486 e. The molecule has 0 aliphatic carbocycles. The summed E-state index contributed by atoms with van der Waals surface area (Å²) in [6.45, 7) is 2.28. The zero-order valence-electron chi connectivity index (χ0n) is 12.6. The van der Waals surface area contributed by atoms with Crippen molar-refractivity contribution >= 4 is 17.2 Å². The quantitative estimate of drug-likeness (QED) is 0.750. The van der Waals surface area contributed by atoms with Crippen LogP contribution in [0.15, 0.2) is 52.3 Å². The first-order valence-electron chi connectivity index (χ1n) is 7.16. The van der Waals surface area contributed by atoms with Crippen LogP contribution in [0.5, 0.6) is 5.75 Å². The Morgan fingerprint density at radius 2 is 2.09 bits per heavy atom. The van der Waals surface area contributed by atoms with E-state index in [1.165, 1.54) is 18.3 Å². The molecule has 2 heterocycles. The fourth-order valence-corrected chi connectivity index (χ4v) is 2.67. The van der Waals surface area contributed by atoms with Crippen LogP contribution in [0.25, 0.3) is 11.5 Å². The van der Waals surface area contributed by atoms with Gasteiger partial charge in [0.1, 0.15) is 28.8 Å². The Bertz CT molecular complexity index is 780. The minimum atomic E-state index is -0.0862. The number of thiazole rings is 1. The molecule has 0 radical (unpaired) electrons. The van der Waals surface area contributed by atoms with E-state index >= 15 is 0 Å². The van der Waals surface area contributed by atoms with Gasteiger partial charge in [-0.3, -0.25) is 4.79 Å². The van der Waals surface area contributed by atoms with E-state index in [1.54, 1.807) is 0 Å². The highest BCUT2D eigenvalue weighted by molar-refractivity contribution is 7.09. The van der Waals surface area contributed by atoms with Crippen molar-refractivity contribution in [2.24, 2.45) is 0 Å². The van der Waals surface area contributed by atoms with E-state index in [0.29, 0.717) is 24.7 Å². The highest BCUT2D eigenvalue weighted by Gasteiger charge is 2.10. The van der Waals surface area contributed by atoms with Crippen LogP contribution < -0.4 is 10.1 Å². The topological polar surface area (TPSA) is 64.4 Å². The average molecular weight is 328 g/mol. The summed E-state index contributed by atoms with van der Waals surface area (Å²) in [7, 11) is 0. The molecule has 0 atom stereocenters. The van der Waals surface area contributed by atoms with Gasteiger partial charge in [0.05, 0.1) is 6.54 Å². The monoisotopic (exact) mass is 328 g/mol. The van der Waals surface area contributed by atoms with E-state index in [4.69, 9.17) is 9.15 Å². The third kappa shape index (κ3) is 4.20. The Morgan fingerprint density at radius 3 is 2.87 bits per heavy atom. The fourth-order valence-electron chi connectivity index (χ4n) is 1.97. The number of carbonyl (C=O) groups is 1. The second kappa shape index (κ2) is 7.11. The molecule has 0 bridgehead atoms. The number of nitrogens with one attached hydrogen (secondary N) is 1. The van der Waals surface area contributed by atoms with Crippen molar-refractivity contribution in [1.29, 1.82) is 0 Å². The Morgan fingerprint density at radius 1 is 1.26 bits per heavy atom. The van der Waals surface area contributed by atoms with Gasteiger partial charge in [0.25, 0.3) is 0 Å². The summed E-state index contributed by atoms with van der Waals surface area (Å²) in [6.07, 6.45) is 0. The zero-order chi connectivity index (χ0) is 16.1. The molecule has 0 unspecified atom stereocenters. The maximum absolute atomic E-state index is 10.9. The Balaban J connectivity index is 1.61. The molecule has 0 spiro atoms. The van der Waals surface area contributed by atoms with Crippen molar-refractivity contribution in [3.8, 4) is 17.2 Å². The van der Waals surface area contributed by atoms with Crippen LogP contribution in [0.4, 0.5) is 0 Å². The number of amides is 1. The predicted octanol–water partition coefficient (Wildman–Crippen LogP) is 3.62. The van der Waals surface area contributed by atoms with E-state index in [2.05, 4.69) is 10.3 Å². The van der Waals surface area contributed by atoms with Crippen LogP contribution >= 0.6 is 11.3 Å². The third-order valence-electron chi connectivity index (χ3n) is 3.08. The van der Waals surface area contributed by atoms with Crippen molar-refractivity contribution in [2.45, 2.75) is 20.1 Å². The molecular weight excluding hydrogens is 312 g/mol. The van der Waals surface area contributed by atoms with Gasteiger partial charge >= 0.3 is 0 Å². The molecule has 3 aromatic rings. The van der Waals surface area contributed by atoms with Gasteiger partial charge in [-0.15, -0.1) is 11.3 Å². The lowest BCUT2D eigenvalue weighted by Gasteiger charge is -2.02. The maximum Gasteiger partial charge on any atom is 0.217 e. The van der Waals surface area contributed by atoms with Crippen molar-refractivity contribution in [1.82, 2.24) is 10.3 Å². The number of hydrogen-bond donors (Lipinski definition) is 1. The molecular formula is C17H16N2O3S. The molecule has 1 amide bonds. The lowest BCUT2D eigenvalue weighted by atomic mass is 10.3. The normalized spacial score (nSPS) is 10.5. The third-order valence-corrected chi connectivity index (χ3v) is 3.91. The Hall–Kier alpha value is -2.60. The molecule has 6 heteroatoms. The summed E-state index contributed by atoms with van der Waals surface area (Å²) in [4.78, 5) is 15.4. The number of furan rings is 1. The van der Waals surface area contributed by atoms with Crippen molar-refractivity contribution in [3.05, 3.63) is 58.6 Å². The number of nitrogens with zero attached hydrogens (tertiary/aromatic N) is 1. The van der Waals surface area contributed by atoms with Gasteiger partial charge in [-0.05, 0) is 24.3 Å². The average Bonchev–Trinajstić information content (AvgIpc) is 3.21. The van der Waals surface area contributed by atoms with E-state index in [0.717, 1.165) is 16.5 Å². The number of ether oxygens (including phenoxy) is 1. The van der Waals surface area contributed by atoms with Gasteiger partial charge in [-0.1, -0.05) is 18.2 Å². The Labute approximate surface area is 137 Å². The van der Waals surface area contributed by atoms with Crippen molar-refractivity contribution in [3.63, 3.8) is 0 Å². The number of para-hydroxylation sites is 1. The first-order valence-corrected chi connectivity index (χ1v) is 8.04. The summed E-state index contributed by atoms with van der Waals surface area (Å²) in [6, 6.07) is 13.3. The van der Waals surface area contributed by atoms with Crippen LogP contribution in [0.2, 0.25) is 0 Å². The van der Waals surface area contributed by atoms with Crippen LogP contribution in [0, 0.1) is 0 Å². The maximum atomic E-state index is 10.9. The molecule has 118 valence electrons. The van der Waals surface area contributed by atoms with Crippen LogP contribution in [-0.2, 0) is 17.9 Å². The number of rotatable bonds is 6. The second-order valence-electron chi connectivity index (χ2n) is 4.90. The van der Waals surface area contributed by atoms with E-state index in [-0.39, 0.29) is 5.91 Å². The summed E-state index contributed by atoms with van der Waals surface area (Å²) < 4.78 is 11.4. The molecule has 0 saturated heterocycles. The van der Waals surface area contributed by atoms with Gasteiger partial charge in [0.2, 0.25) is 5.91 Å². The summed E-state index contributed by atoms with van der Waals surface area (Å²) >= 11 is 1.53. The van der Waals surface area contributed by atoms with Crippen molar-refractivity contribution in [2.75, 3.05) is 0 Å². The number of hydrogen-bond acceptors (Lipinski definition) is 5. The van der Waals surface area contributed by atoms with Crippen LogP contribution in [0.3, 0.4) is 0 Å². The zero-order valence-corrected chi connectivity index (χ0v) is 13.4. The summed E-state index contributed by atoms with van der Waals surface area (Å²) in [5.41, 5.74) is 0.774. The SMILES string of the molecule is CC(=O)NCc1ccc(-c2csc(COc3ccccc3)n2)o1. The van der Waals surface area contributed by atoms with Crippen LogP contribution in [0.1, 0.15) is 17.7 Å². The van der Waals surface area contributed by atoms with Gasteiger partial charge in [0.15, 0.2) is 5.76 Å². The lowest BCUT2D eigenvalue weighted by Crippen LogP contribution is -2.18. The smallest absolute Gasteiger partial charge is 0.217 e. The standard InChI is InChI=1S/C17H16N2O3S/c1-12(20)18-9-14-7-8-16(22-14)15-11-23-17(19-15)10-21-13-5-3-2-4-6-13/h2-8,11H,9-10H2,1H3,(H,18,20). The van der Waals surface area contributed by atoms with E-state index < -0.39 is 0 Å². The molecule has 2 aromatic heterocycles. The van der Waals surface area contributed by atoms with Gasteiger partial charge in [-0.2, -0.15) is 0 Å². The second-order valence-corrected chi connectivity index (χ2v) is 5.85. The minimum Gasteiger partial charge on any atom is -0.486 e. The molecule has 0 fully saturated rings. The summed E-state index contributed by atoms with van der Waals surface area (Å²) in [5, 5.41) is 5.51. The molecule has 3 rings (SSSR count). The van der Waals surface area contributed by atoms with E-state index in [9.17, 15) is 4.79 Å². The molecule has 1 aromatic carbocycles. The fraction of sp³-hybridized carbons (Fsp3) is 0.176. The summed E-state index contributed by atoms with van der Waals surface area (Å²) in [5.74, 6) is 2.12. The predicted molar refractivity (Wildman–Crippen MR) is 88.1 cm³/mol. The highest BCUT2D eigenvalue weighted by atomic mass is 32.1. The van der Waals surface area contributed by atoms with Crippen LogP contribution in [-0.4, -0.2) is 10.9 Å². The van der Waals surface area contributed by atoms with Crippen molar-refractivity contribution < 1.29 is 13.9 Å². The van der Waals surface area contributed by atoms with Gasteiger partial charge in [0, 0.05) is 12.3 Å². The minimum absolute atomic E-state index is 0.0862. The first-order chi connectivity index (χ1) is 11.2. The molecule has 1 N–H and O–H groups in total. The lowest BCUT2D eigenvalue weighted by molar-refractivity contribution is -0.119. The van der Waals surface area contributed by atoms with E-state index in [1.807, 2.05) is 47.8 Å². The first kappa shape index (κ1) is 15.3. The highest BCUT2D eigenvalue weighted by Crippen LogP contribution is 2.25. The molecule has 23 heavy (non-hydrogen) atoms. The number of benzene rings is 1. The van der Waals surface area contributed by atoms with Gasteiger partial charge < -0.3 is 14.5 Å². The molecule has 5 nitrogen and oxygen atoms in total. The van der Waals surface area contributed by atoms with Gasteiger partial charge in [-0.25, -0.2) is 4.98 Å². The molecule has 0 aliphatic heterocycles. The number of carbonyl (C=O) groups excluding carboxylic acids is 1.